The van der Waals surface area contributed by atoms with Crippen LogP contribution < -0.4 is 4.57 Å². The fourth-order valence-electron chi connectivity index (χ4n) is 5.03. The molecule has 0 aliphatic rings. The smallest absolute Gasteiger partial charge is 0.234 e. The summed E-state index contributed by atoms with van der Waals surface area (Å²) >= 11 is 0. The first-order valence-electron chi connectivity index (χ1n) is 14.9. The summed E-state index contributed by atoms with van der Waals surface area (Å²) in [7, 11) is 0. The van der Waals surface area contributed by atoms with Crippen LogP contribution in [0.15, 0.2) is 12.4 Å². The number of hydrogen-bond acceptors (Lipinski definition) is 0. The second kappa shape index (κ2) is 22.0. The van der Waals surface area contributed by atoms with E-state index in [0.717, 1.165) is 6.42 Å². The minimum Gasteiger partial charge on any atom is -0.234 e. The van der Waals surface area contributed by atoms with Crippen LogP contribution in [0.1, 0.15) is 161 Å². The molecule has 1 rings (SSSR count). The van der Waals surface area contributed by atoms with E-state index in [-0.39, 0.29) is 0 Å². The first-order valence-corrected chi connectivity index (χ1v) is 14.9. The molecule has 188 valence electrons. The van der Waals surface area contributed by atoms with E-state index in [4.69, 9.17) is 0 Å². The van der Waals surface area contributed by atoms with E-state index in [1.54, 1.807) is 0 Å². The lowest BCUT2D eigenvalue weighted by molar-refractivity contribution is -0.704. The van der Waals surface area contributed by atoms with Crippen LogP contribution in [0.25, 0.3) is 0 Å². The average Bonchev–Trinajstić information content (AvgIpc) is 3.20. The van der Waals surface area contributed by atoms with Gasteiger partial charge in [-0.05, 0) is 25.7 Å². The van der Waals surface area contributed by atoms with Gasteiger partial charge in [0.2, 0.25) is 0 Å². The molecule has 0 fully saturated rings. The number of aromatic nitrogens is 2. The Morgan fingerprint density at radius 3 is 1.38 bits per heavy atom. The van der Waals surface area contributed by atoms with Gasteiger partial charge in [-0.15, -0.1) is 0 Å². The van der Waals surface area contributed by atoms with Crippen LogP contribution in [0.5, 0.6) is 0 Å². The average molecular weight is 448 g/mol. The highest BCUT2D eigenvalue weighted by atomic mass is 15.1. The van der Waals surface area contributed by atoms with Gasteiger partial charge in [0.1, 0.15) is 12.4 Å². The summed E-state index contributed by atoms with van der Waals surface area (Å²) in [5.41, 5.74) is 0. The molecule has 32 heavy (non-hydrogen) atoms. The molecule has 0 atom stereocenters. The lowest BCUT2D eigenvalue weighted by Gasteiger charge is -2.05. The van der Waals surface area contributed by atoms with Crippen LogP contribution in [0.4, 0.5) is 0 Å². The van der Waals surface area contributed by atoms with Gasteiger partial charge in [0.05, 0.1) is 13.1 Å². The maximum atomic E-state index is 2.53. The Balaban J connectivity index is 2.02. The molecular formula is C30H59N2+. The Kier molecular flexibility index (Phi) is 20.1. The molecule has 0 aromatic carbocycles. The van der Waals surface area contributed by atoms with Gasteiger partial charge in [0, 0.05) is 6.42 Å². The molecule has 0 unspecified atom stereocenters. The molecule has 1 heterocycles. The number of hydrogen-bond donors (Lipinski definition) is 0. The van der Waals surface area contributed by atoms with Crippen molar-refractivity contribution in [2.45, 2.75) is 175 Å². The van der Waals surface area contributed by atoms with E-state index in [0.29, 0.717) is 0 Å². The SMILES string of the molecule is CCCCCCCCCCCCCCC[n+]1ccn(CCCCCCCCCC)c1CC. The molecule has 0 bridgehead atoms. The molecule has 0 saturated carbocycles. The number of unbranched alkanes of at least 4 members (excludes halogenated alkanes) is 19. The fraction of sp³-hybridized carbons (Fsp3) is 0.900. The Labute approximate surface area is 202 Å². The largest absolute Gasteiger partial charge is 0.256 e. The van der Waals surface area contributed by atoms with Crippen LogP contribution in [-0.4, -0.2) is 4.57 Å². The Morgan fingerprint density at radius 2 is 0.938 bits per heavy atom. The van der Waals surface area contributed by atoms with Gasteiger partial charge in [0.15, 0.2) is 0 Å². The van der Waals surface area contributed by atoms with Gasteiger partial charge in [-0.1, -0.05) is 130 Å². The second-order valence-electron chi connectivity index (χ2n) is 10.2. The highest BCUT2D eigenvalue weighted by molar-refractivity contribution is 4.83. The minimum atomic E-state index is 1.16. The van der Waals surface area contributed by atoms with Crippen LogP contribution in [-0.2, 0) is 19.5 Å². The van der Waals surface area contributed by atoms with E-state index in [1.807, 2.05) is 0 Å². The Morgan fingerprint density at radius 1 is 0.531 bits per heavy atom. The van der Waals surface area contributed by atoms with Crippen LogP contribution in [0.2, 0.25) is 0 Å². The highest BCUT2D eigenvalue weighted by Crippen LogP contribution is 2.13. The van der Waals surface area contributed by atoms with Gasteiger partial charge in [-0.3, -0.25) is 0 Å². The lowest BCUT2D eigenvalue weighted by Crippen LogP contribution is -2.37. The van der Waals surface area contributed by atoms with Crippen molar-refractivity contribution in [1.29, 1.82) is 0 Å². The third-order valence-electron chi connectivity index (χ3n) is 7.16. The topological polar surface area (TPSA) is 8.81 Å². The van der Waals surface area contributed by atoms with E-state index in [1.165, 1.54) is 154 Å². The first-order chi connectivity index (χ1) is 15.8. The van der Waals surface area contributed by atoms with Crippen molar-refractivity contribution < 1.29 is 4.57 Å². The first kappa shape index (κ1) is 29.2. The van der Waals surface area contributed by atoms with Gasteiger partial charge in [-0.2, -0.15) is 0 Å². The van der Waals surface area contributed by atoms with Crippen molar-refractivity contribution in [2.24, 2.45) is 0 Å². The third kappa shape index (κ3) is 15.1. The summed E-state index contributed by atoms with van der Waals surface area (Å²) in [4.78, 5) is 0. The zero-order chi connectivity index (χ0) is 23.1. The maximum absolute atomic E-state index is 2.53. The number of imidazole rings is 1. The molecule has 0 saturated heterocycles. The predicted octanol–water partition coefficient (Wildman–Crippen LogP) is 9.57. The zero-order valence-corrected chi connectivity index (χ0v) is 22.5. The van der Waals surface area contributed by atoms with E-state index >= 15 is 0 Å². The Bertz CT molecular complexity index is 505. The third-order valence-corrected chi connectivity index (χ3v) is 7.16. The summed E-state index contributed by atoms with van der Waals surface area (Å²) in [5.74, 6) is 1.53. The normalized spacial score (nSPS) is 11.5. The van der Waals surface area contributed by atoms with Gasteiger partial charge in [0.25, 0.3) is 5.82 Å². The monoisotopic (exact) mass is 447 g/mol. The van der Waals surface area contributed by atoms with Crippen LogP contribution in [0, 0.1) is 0 Å². The van der Waals surface area contributed by atoms with Gasteiger partial charge in [-0.25, -0.2) is 9.13 Å². The molecule has 0 N–H and O–H groups in total. The molecule has 1 aromatic rings. The highest BCUT2D eigenvalue weighted by Gasteiger charge is 2.14. The molecule has 0 aliphatic carbocycles. The van der Waals surface area contributed by atoms with Gasteiger partial charge < -0.3 is 0 Å². The van der Waals surface area contributed by atoms with E-state index in [2.05, 4.69) is 42.3 Å². The van der Waals surface area contributed by atoms with E-state index < -0.39 is 0 Å². The molecule has 0 aliphatic heterocycles. The van der Waals surface area contributed by atoms with Crippen molar-refractivity contribution >= 4 is 0 Å². The second-order valence-corrected chi connectivity index (χ2v) is 10.2. The molecule has 1 aromatic heterocycles. The summed E-state index contributed by atoms with van der Waals surface area (Å²) < 4.78 is 5.06. The molecule has 0 spiro atoms. The lowest BCUT2D eigenvalue weighted by atomic mass is 10.0. The van der Waals surface area contributed by atoms with Crippen molar-refractivity contribution in [1.82, 2.24) is 4.57 Å². The standard InChI is InChI=1S/C30H59N2/c1-4-7-9-11-13-15-16-17-18-19-21-23-25-27-32-29-28-31(30(32)6-3)26-24-22-20-14-12-10-8-5-2/h28-29H,4-27H2,1-3H3/q+1. The summed E-state index contributed by atoms with van der Waals surface area (Å²) in [6, 6.07) is 0. The molecule has 2 nitrogen and oxygen atoms in total. The molecule has 2 heteroatoms. The van der Waals surface area contributed by atoms with Crippen molar-refractivity contribution in [3.63, 3.8) is 0 Å². The van der Waals surface area contributed by atoms with Gasteiger partial charge >= 0.3 is 0 Å². The number of aryl methyl sites for hydroxylation is 2. The zero-order valence-electron chi connectivity index (χ0n) is 22.5. The molecular weight excluding hydrogens is 388 g/mol. The van der Waals surface area contributed by atoms with Crippen molar-refractivity contribution in [3.05, 3.63) is 18.2 Å². The van der Waals surface area contributed by atoms with Crippen LogP contribution in [0.3, 0.4) is 0 Å². The van der Waals surface area contributed by atoms with E-state index in [9.17, 15) is 0 Å². The maximum Gasteiger partial charge on any atom is 0.256 e. The fourth-order valence-corrected chi connectivity index (χ4v) is 5.03. The van der Waals surface area contributed by atoms with Crippen molar-refractivity contribution in [2.75, 3.05) is 0 Å². The minimum absolute atomic E-state index is 1.16. The Hall–Kier alpha value is -0.790. The van der Waals surface area contributed by atoms with Crippen LogP contribution >= 0.6 is 0 Å². The molecule has 0 amide bonds. The number of rotatable bonds is 24. The summed E-state index contributed by atoms with van der Waals surface area (Å²) in [6.07, 6.45) is 35.7. The number of nitrogens with zero attached hydrogens (tertiary/aromatic N) is 2. The predicted molar refractivity (Wildman–Crippen MR) is 142 cm³/mol. The summed E-state index contributed by atoms with van der Waals surface area (Å²) in [5, 5.41) is 0. The summed E-state index contributed by atoms with van der Waals surface area (Å²) in [6.45, 7) is 9.35. The quantitative estimate of drug-likeness (QED) is 0.110. The molecule has 0 radical (unpaired) electrons. The van der Waals surface area contributed by atoms with Crippen molar-refractivity contribution in [3.8, 4) is 0 Å².